The second-order valence-electron chi connectivity index (χ2n) is 9.37. The zero-order chi connectivity index (χ0) is 26.8. The number of nitrogens with zero attached hydrogens (tertiary/aromatic N) is 1. The molecule has 0 bridgehead atoms. The molecule has 0 aromatic heterocycles. The average molecular weight is 519 g/mol. The number of hydrogen-bond acceptors (Lipinski definition) is 4. The Labute approximate surface area is 210 Å². The first-order valence-corrected chi connectivity index (χ1v) is 11.8. The number of nitrogens with one attached hydrogen (secondary N) is 2. The smallest absolute Gasteiger partial charge is 0.389 e. The van der Waals surface area contributed by atoms with E-state index in [-0.39, 0.29) is 29.3 Å². The third-order valence-corrected chi connectivity index (χ3v) is 6.58. The van der Waals surface area contributed by atoms with Crippen molar-refractivity contribution in [3.8, 4) is 0 Å². The minimum Gasteiger partial charge on any atom is -0.480 e. The maximum atomic E-state index is 14.7. The SMILES string of the molecule is O=C1Nc2c(F)cccc2C(c2ccccc2)=NC1NC(=O)C(CCCC(F)(F)F)(CC1CC1)C(=O)O. The van der Waals surface area contributed by atoms with Gasteiger partial charge >= 0.3 is 12.1 Å². The fourth-order valence-electron chi connectivity index (χ4n) is 4.49. The Morgan fingerprint density at radius 1 is 1.05 bits per heavy atom. The Morgan fingerprint density at radius 3 is 2.38 bits per heavy atom. The zero-order valence-corrected chi connectivity index (χ0v) is 19.6. The van der Waals surface area contributed by atoms with Gasteiger partial charge in [0.2, 0.25) is 12.1 Å². The molecule has 2 aliphatic rings. The number of carbonyl (C=O) groups is 3. The van der Waals surface area contributed by atoms with E-state index in [0.717, 1.165) is 6.07 Å². The van der Waals surface area contributed by atoms with Crippen molar-refractivity contribution in [2.75, 3.05) is 5.32 Å². The summed E-state index contributed by atoms with van der Waals surface area (Å²) in [6.07, 6.45) is -7.34. The molecule has 0 radical (unpaired) electrons. The van der Waals surface area contributed by atoms with Crippen molar-refractivity contribution >= 4 is 29.2 Å². The Bertz CT molecular complexity index is 1230. The first kappa shape index (κ1) is 26.3. The summed E-state index contributed by atoms with van der Waals surface area (Å²) in [5.74, 6) is -4.42. The maximum Gasteiger partial charge on any atom is 0.389 e. The van der Waals surface area contributed by atoms with Crippen LogP contribution >= 0.6 is 0 Å². The third kappa shape index (κ3) is 5.98. The molecule has 3 N–H and O–H groups in total. The highest BCUT2D eigenvalue weighted by Crippen LogP contribution is 2.44. The van der Waals surface area contributed by atoms with Gasteiger partial charge in [0, 0.05) is 17.5 Å². The molecule has 2 aromatic rings. The zero-order valence-electron chi connectivity index (χ0n) is 19.6. The highest BCUT2D eigenvalue weighted by atomic mass is 19.4. The van der Waals surface area contributed by atoms with Gasteiger partial charge < -0.3 is 15.7 Å². The first-order chi connectivity index (χ1) is 17.5. The molecule has 2 unspecified atom stereocenters. The molecule has 7 nitrogen and oxygen atoms in total. The van der Waals surface area contributed by atoms with Crippen molar-refractivity contribution in [3.63, 3.8) is 0 Å². The van der Waals surface area contributed by atoms with Crippen LogP contribution in [0, 0.1) is 17.2 Å². The van der Waals surface area contributed by atoms with Gasteiger partial charge in [0.1, 0.15) is 11.2 Å². The molecule has 1 aliphatic heterocycles. The van der Waals surface area contributed by atoms with Crippen molar-refractivity contribution in [1.29, 1.82) is 0 Å². The molecule has 1 aliphatic carbocycles. The second kappa shape index (κ2) is 10.3. The minimum absolute atomic E-state index is 0.113. The van der Waals surface area contributed by atoms with E-state index in [4.69, 9.17) is 0 Å². The number of para-hydroxylation sites is 1. The normalized spacial score (nSPS) is 19.1. The average Bonchev–Trinajstić information content (AvgIpc) is 3.66. The molecule has 196 valence electrons. The van der Waals surface area contributed by atoms with Gasteiger partial charge in [0.25, 0.3) is 5.91 Å². The maximum absolute atomic E-state index is 14.7. The predicted octanol–water partition coefficient (Wildman–Crippen LogP) is 4.66. The molecular formula is C26H25F4N3O4. The number of halogens is 4. The number of fused-ring (bicyclic) bond motifs is 1. The van der Waals surface area contributed by atoms with E-state index in [9.17, 15) is 37.1 Å². The fraction of sp³-hybridized carbons (Fsp3) is 0.385. The van der Waals surface area contributed by atoms with E-state index in [2.05, 4.69) is 15.6 Å². The topological polar surface area (TPSA) is 108 Å². The van der Waals surface area contributed by atoms with Crippen molar-refractivity contribution in [2.24, 2.45) is 16.3 Å². The van der Waals surface area contributed by atoms with Crippen molar-refractivity contribution < 1.29 is 37.1 Å². The van der Waals surface area contributed by atoms with Crippen molar-refractivity contribution in [1.82, 2.24) is 5.32 Å². The lowest BCUT2D eigenvalue weighted by atomic mass is 9.77. The second-order valence-corrected chi connectivity index (χ2v) is 9.37. The summed E-state index contributed by atoms with van der Waals surface area (Å²) in [7, 11) is 0. The summed E-state index contributed by atoms with van der Waals surface area (Å²) in [6.45, 7) is 0. The number of benzodiazepines with no additional fused rings is 1. The van der Waals surface area contributed by atoms with Gasteiger partial charge in [-0.2, -0.15) is 13.2 Å². The molecule has 37 heavy (non-hydrogen) atoms. The molecule has 2 aromatic carbocycles. The summed E-state index contributed by atoms with van der Waals surface area (Å²) in [6, 6.07) is 12.6. The molecular weight excluding hydrogens is 494 g/mol. The lowest BCUT2D eigenvalue weighted by Crippen LogP contribution is -2.52. The van der Waals surface area contributed by atoms with E-state index < -0.39 is 60.6 Å². The number of rotatable bonds is 9. The van der Waals surface area contributed by atoms with Crippen LogP contribution in [0.15, 0.2) is 53.5 Å². The first-order valence-electron chi connectivity index (χ1n) is 11.8. The number of anilines is 1. The molecule has 0 saturated heterocycles. The van der Waals surface area contributed by atoms with Crippen LogP contribution in [-0.4, -0.2) is 40.9 Å². The number of carboxylic acid groups (broad SMARTS) is 1. The Hall–Kier alpha value is -3.76. The van der Waals surface area contributed by atoms with Crippen LogP contribution in [0.2, 0.25) is 0 Å². The number of alkyl halides is 3. The summed E-state index contributed by atoms with van der Waals surface area (Å²) in [4.78, 5) is 43.2. The highest BCUT2D eigenvalue weighted by Gasteiger charge is 2.50. The van der Waals surface area contributed by atoms with Crippen molar-refractivity contribution in [3.05, 3.63) is 65.5 Å². The number of aliphatic carboxylic acids is 1. The van der Waals surface area contributed by atoms with Gasteiger partial charge in [0.05, 0.1) is 11.4 Å². The molecule has 2 atom stereocenters. The Kier molecular flexibility index (Phi) is 7.33. The van der Waals surface area contributed by atoms with E-state index in [1.807, 2.05) is 0 Å². The molecule has 4 rings (SSSR count). The highest BCUT2D eigenvalue weighted by molar-refractivity contribution is 6.20. The van der Waals surface area contributed by atoms with Crippen LogP contribution in [0.4, 0.5) is 23.2 Å². The lowest BCUT2D eigenvalue weighted by molar-refractivity contribution is -0.161. The number of hydrogen-bond donors (Lipinski definition) is 3. The minimum atomic E-state index is -4.51. The Balaban J connectivity index is 1.69. The number of amides is 2. The standard InChI is InChI=1S/C26H25F4N3O4/c27-18-9-4-8-17-19(16-6-2-1-3-7-16)31-21(22(34)32-20(17)18)33-23(35)25(24(36)37,14-15-10-11-15)12-5-13-26(28,29)30/h1-4,6-9,15,21H,5,10-14H2,(H,32,34)(H,33,35)(H,36,37). The van der Waals surface area contributed by atoms with Crippen molar-refractivity contribution in [2.45, 2.75) is 50.9 Å². The molecule has 1 fully saturated rings. The number of carboxylic acids is 1. The van der Waals surface area contributed by atoms with E-state index in [1.165, 1.54) is 6.07 Å². The summed E-state index contributed by atoms with van der Waals surface area (Å²) >= 11 is 0. The largest absolute Gasteiger partial charge is 0.480 e. The predicted molar refractivity (Wildman–Crippen MR) is 126 cm³/mol. The van der Waals surface area contributed by atoms with E-state index in [0.29, 0.717) is 18.4 Å². The van der Waals surface area contributed by atoms with Crippen LogP contribution in [0.3, 0.4) is 0 Å². The van der Waals surface area contributed by atoms with Crippen LogP contribution < -0.4 is 10.6 Å². The van der Waals surface area contributed by atoms with Crippen LogP contribution in [0.1, 0.15) is 49.7 Å². The number of carbonyl (C=O) groups excluding carboxylic acids is 2. The molecule has 0 spiro atoms. The quantitative estimate of drug-likeness (QED) is 0.331. The Morgan fingerprint density at radius 2 is 1.76 bits per heavy atom. The number of benzene rings is 2. The fourth-order valence-corrected chi connectivity index (χ4v) is 4.49. The van der Waals surface area contributed by atoms with Gasteiger partial charge in [-0.15, -0.1) is 0 Å². The van der Waals surface area contributed by atoms with E-state index in [1.54, 1.807) is 36.4 Å². The van der Waals surface area contributed by atoms with Gasteiger partial charge in [0.15, 0.2) is 0 Å². The molecule has 1 heterocycles. The lowest BCUT2D eigenvalue weighted by Gasteiger charge is -2.29. The molecule has 1 saturated carbocycles. The van der Waals surface area contributed by atoms with Crippen LogP contribution in [0.5, 0.6) is 0 Å². The van der Waals surface area contributed by atoms with Gasteiger partial charge in [-0.3, -0.25) is 14.4 Å². The summed E-state index contributed by atoms with van der Waals surface area (Å²) in [5.41, 5.74) is -1.38. The van der Waals surface area contributed by atoms with Crippen LogP contribution in [0.25, 0.3) is 0 Å². The summed E-state index contributed by atoms with van der Waals surface area (Å²) < 4.78 is 53.0. The molecule has 2 amide bonds. The van der Waals surface area contributed by atoms with Gasteiger partial charge in [-0.1, -0.05) is 55.3 Å². The van der Waals surface area contributed by atoms with E-state index >= 15 is 0 Å². The third-order valence-electron chi connectivity index (χ3n) is 6.58. The summed E-state index contributed by atoms with van der Waals surface area (Å²) in [5, 5.41) is 14.8. The number of aliphatic imine (C=N–C) groups is 1. The van der Waals surface area contributed by atoms with Gasteiger partial charge in [-0.25, -0.2) is 9.38 Å². The monoisotopic (exact) mass is 519 g/mol. The van der Waals surface area contributed by atoms with Gasteiger partial charge in [-0.05, 0) is 31.2 Å². The van der Waals surface area contributed by atoms with Crippen LogP contribution in [-0.2, 0) is 14.4 Å². The molecule has 11 heteroatoms.